The lowest BCUT2D eigenvalue weighted by atomic mass is 10.2. The number of nitrogens with two attached hydrogens (primary N) is 1. The molecule has 4 N–H and O–H groups in total. The lowest BCUT2D eigenvalue weighted by Gasteiger charge is -2.12. The average molecular weight is 266 g/mol. The van der Waals surface area contributed by atoms with Crippen molar-refractivity contribution in [2.24, 2.45) is 0 Å². The summed E-state index contributed by atoms with van der Waals surface area (Å²) in [5, 5.41) is 2.99. The second kappa shape index (κ2) is 5.05. The summed E-state index contributed by atoms with van der Waals surface area (Å²) in [6, 6.07) is 1.18. The van der Waals surface area contributed by atoms with Gasteiger partial charge >= 0.3 is 0 Å². The first-order valence-electron chi connectivity index (χ1n) is 5.29. The number of hydrogen-bond acceptors (Lipinski definition) is 4. The van der Waals surface area contributed by atoms with Gasteiger partial charge in [0.25, 0.3) is 5.91 Å². The number of amides is 1. The van der Waals surface area contributed by atoms with E-state index in [9.17, 15) is 4.79 Å². The molecule has 94 valence electrons. The number of halogens is 1. The Balaban J connectivity index is 2.15. The van der Waals surface area contributed by atoms with Gasteiger partial charge in [0.15, 0.2) is 0 Å². The summed E-state index contributed by atoms with van der Waals surface area (Å²) >= 11 is 5.73. The molecule has 0 radical (unpaired) electrons. The Kier molecular flexibility index (Phi) is 3.47. The predicted molar refractivity (Wildman–Crippen MR) is 68.1 cm³/mol. The molecule has 0 aliphatic rings. The molecule has 0 aliphatic heterocycles. The molecule has 1 atom stereocenters. The van der Waals surface area contributed by atoms with E-state index < -0.39 is 0 Å². The number of pyridine rings is 1. The molecule has 18 heavy (non-hydrogen) atoms. The van der Waals surface area contributed by atoms with Crippen LogP contribution in [0.25, 0.3) is 0 Å². The molecule has 0 aliphatic carbocycles. The van der Waals surface area contributed by atoms with Crippen LogP contribution in [0.2, 0.25) is 5.15 Å². The zero-order valence-corrected chi connectivity index (χ0v) is 10.4. The number of imidazole rings is 1. The molecule has 1 amide bonds. The van der Waals surface area contributed by atoms with Gasteiger partial charge in [-0.15, -0.1) is 0 Å². The van der Waals surface area contributed by atoms with Gasteiger partial charge < -0.3 is 16.0 Å². The SMILES string of the molecule is CC(NC(=O)c1cc(Cl)ncc1N)c1ncc[nH]1. The number of aromatic nitrogens is 3. The van der Waals surface area contributed by atoms with Crippen LogP contribution in [0.4, 0.5) is 5.69 Å². The number of hydrogen-bond donors (Lipinski definition) is 3. The van der Waals surface area contributed by atoms with Crippen LogP contribution in [-0.4, -0.2) is 20.9 Å². The Morgan fingerprint density at radius 2 is 2.33 bits per heavy atom. The first kappa shape index (κ1) is 12.4. The normalized spacial score (nSPS) is 12.1. The van der Waals surface area contributed by atoms with Gasteiger partial charge in [-0.05, 0) is 13.0 Å². The molecule has 0 saturated heterocycles. The number of nitrogens with one attached hydrogen (secondary N) is 2. The standard InChI is InChI=1S/C11H12ClN5O/c1-6(10-14-2-3-15-10)17-11(18)7-4-9(12)16-5-8(7)13/h2-6H,13H2,1H3,(H,14,15)(H,17,18). The Morgan fingerprint density at radius 1 is 1.56 bits per heavy atom. The van der Waals surface area contributed by atoms with Crippen LogP contribution in [0.5, 0.6) is 0 Å². The summed E-state index contributed by atoms with van der Waals surface area (Å²) in [6.45, 7) is 1.82. The molecule has 2 rings (SSSR count). The molecular formula is C11H12ClN5O. The summed E-state index contributed by atoms with van der Waals surface area (Å²) < 4.78 is 0. The van der Waals surface area contributed by atoms with Gasteiger partial charge in [0, 0.05) is 12.4 Å². The first-order chi connectivity index (χ1) is 8.58. The Morgan fingerprint density at radius 3 is 3.00 bits per heavy atom. The number of carbonyl (C=O) groups excluding carboxylic acids is 1. The molecule has 1 unspecified atom stereocenters. The molecule has 0 spiro atoms. The third kappa shape index (κ3) is 2.60. The molecule has 0 fully saturated rings. The monoisotopic (exact) mass is 265 g/mol. The lowest BCUT2D eigenvalue weighted by Crippen LogP contribution is -2.28. The molecular weight excluding hydrogens is 254 g/mol. The van der Waals surface area contributed by atoms with Gasteiger partial charge in [-0.2, -0.15) is 0 Å². The number of H-pyrrole nitrogens is 1. The minimum Gasteiger partial charge on any atom is -0.397 e. The Labute approximate surface area is 109 Å². The summed E-state index contributed by atoms with van der Waals surface area (Å²) in [5.74, 6) is 0.350. The predicted octanol–water partition coefficient (Wildman–Crippen LogP) is 1.53. The van der Waals surface area contributed by atoms with Crippen LogP contribution >= 0.6 is 11.6 Å². The van der Waals surface area contributed by atoms with E-state index in [2.05, 4.69) is 20.3 Å². The van der Waals surface area contributed by atoms with E-state index in [0.717, 1.165) is 0 Å². The van der Waals surface area contributed by atoms with Crippen LogP contribution in [-0.2, 0) is 0 Å². The minimum absolute atomic E-state index is 0.222. The number of nitrogen functional groups attached to an aromatic ring is 1. The molecule has 2 aromatic rings. The lowest BCUT2D eigenvalue weighted by molar-refractivity contribution is 0.0939. The third-order valence-corrected chi connectivity index (χ3v) is 2.63. The fourth-order valence-electron chi connectivity index (χ4n) is 1.49. The van der Waals surface area contributed by atoms with E-state index in [1.807, 2.05) is 6.92 Å². The van der Waals surface area contributed by atoms with E-state index in [1.54, 1.807) is 12.4 Å². The Hall–Kier alpha value is -2.08. The summed E-state index contributed by atoms with van der Waals surface area (Å²) in [7, 11) is 0. The third-order valence-electron chi connectivity index (χ3n) is 2.42. The van der Waals surface area contributed by atoms with E-state index in [0.29, 0.717) is 11.4 Å². The average Bonchev–Trinajstić information content (AvgIpc) is 2.85. The largest absolute Gasteiger partial charge is 0.397 e. The van der Waals surface area contributed by atoms with Gasteiger partial charge in [-0.3, -0.25) is 4.79 Å². The van der Waals surface area contributed by atoms with Gasteiger partial charge in [0.2, 0.25) is 0 Å². The van der Waals surface area contributed by atoms with Crippen LogP contribution in [0.15, 0.2) is 24.7 Å². The smallest absolute Gasteiger partial charge is 0.254 e. The van der Waals surface area contributed by atoms with Crippen molar-refractivity contribution in [3.63, 3.8) is 0 Å². The number of anilines is 1. The maximum Gasteiger partial charge on any atom is 0.254 e. The maximum atomic E-state index is 12.0. The molecule has 2 heterocycles. The molecule has 0 bridgehead atoms. The molecule has 0 saturated carbocycles. The summed E-state index contributed by atoms with van der Waals surface area (Å²) in [4.78, 5) is 22.8. The van der Waals surface area contributed by atoms with Gasteiger partial charge in [-0.25, -0.2) is 9.97 Å². The number of carbonyl (C=O) groups is 1. The first-order valence-corrected chi connectivity index (χ1v) is 5.67. The van der Waals surface area contributed by atoms with E-state index in [-0.39, 0.29) is 22.8 Å². The molecule has 6 nitrogen and oxygen atoms in total. The number of nitrogens with zero attached hydrogens (tertiary/aromatic N) is 2. The van der Waals surface area contributed by atoms with Crippen molar-refractivity contribution in [2.75, 3.05) is 5.73 Å². The number of rotatable bonds is 3. The highest BCUT2D eigenvalue weighted by Gasteiger charge is 2.15. The highest BCUT2D eigenvalue weighted by Crippen LogP contribution is 2.16. The second-order valence-electron chi connectivity index (χ2n) is 3.76. The maximum absolute atomic E-state index is 12.0. The van der Waals surface area contributed by atoms with Crippen molar-refractivity contribution >= 4 is 23.2 Å². The molecule has 0 aromatic carbocycles. The Bertz CT molecular complexity index is 555. The van der Waals surface area contributed by atoms with Crippen molar-refractivity contribution in [2.45, 2.75) is 13.0 Å². The fraction of sp³-hybridized carbons (Fsp3) is 0.182. The van der Waals surface area contributed by atoms with E-state index in [4.69, 9.17) is 17.3 Å². The highest BCUT2D eigenvalue weighted by molar-refractivity contribution is 6.29. The zero-order valence-electron chi connectivity index (χ0n) is 9.64. The summed E-state index contributed by atoms with van der Waals surface area (Å²) in [6.07, 6.45) is 4.67. The van der Waals surface area contributed by atoms with Crippen LogP contribution in [0.3, 0.4) is 0 Å². The zero-order chi connectivity index (χ0) is 13.1. The van der Waals surface area contributed by atoms with Gasteiger partial charge in [0.1, 0.15) is 11.0 Å². The highest BCUT2D eigenvalue weighted by atomic mass is 35.5. The van der Waals surface area contributed by atoms with Crippen LogP contribution in [0.1, 0.15) is 29.1 Å². The fourth-order valence-corrected chi connectivity index (χ4v) is 1.65. The van der Waals surface area contributed by atoms with Crippen molar-refractivity contribution in [1.29, 1.82) is 0 Å². The van der Waals surface area contributed by atoms with E-state index in [1.165, 1.54) is 12.3 Å². The van der Waals surface area contributed by atoms with Crippen molar-refractivity contribution in [1.82, 2.24) is 20.3 Å². The topological polar surface area (TPSA) is 96.7 Å². The van der Waals surface area contributed by atoms with Gasteiger partial charge in [0.05, 0.1) is 23.5 Å². The van der Waals surface area contributed by atoms with E-state index >= 15 is 0 Å². The minimum atomic E-state index is -0.319. The second-order valence-corrected chi connectivity index (χ2v) is 4.15. The van der Waals surface area contributed by atoms with Crippen LogP contribution in [0, 0.1) is 0 Å². The molecule has 7 heteroatoms. The van der Waals surface area contributed by atoms with Crippen LogP contribution < -0.4 is 11.1 Å². The van der Waals surface area contributed by atoms with Crippen molar-refractivity contribution < 1.29 is 4.79 Å². The van der Waals surface area contributed by atoms with Crippen molar-refractivity contribution in [3.8, 4) is 0 Å². The van der Waals surface area contributed by atoms with Crippen molar-refractivity contribution in [3.05, 3.63) is 41.2 Å². The van der Waals surface area contributed by atoms with Gasteiger partial charge in [-0.1, -0.05) is 11.6 Å². The summed E-state index contributed by atoms with van der Waals surface area (Å²) in [5.41, 5.74) is 6.26. The quantitative estimate of drug-likeness (QED) is 0.733. The molecule has 2 aromatic heterocycles. The number of aromatic amines is 1.